The lowest BCUT2D eigenvalue weighted by atomic mass is 10.0. The molecule has 0 unspecified atom stereocenters. The lowest BCUT2D eigenvalue weighted by molar-refractivity contribution is 0.0553. The predicted octanol–water partition coefficient (Wildman–Crippen LogP) is 1.98. The van der Waals surface area contributed by atoms with E-state index in [1.54, 1.807) is 0 Å². The summed E-state index contributed by atoms with van der Waals surface area (Å²) in [6.45, 7) is 0. The Morgan fingerprint density at radius 1 is 1.44 bits per heavy atom. The monoisotopic (exact) mass is 224 g/mol. The van der Waals surface area contributed by atoms with Crippen molar-refractivity contribution in [1.29, 1.82) is 0 Å². The molecular formula is C11H16N2O3. The first-order chi connectivity index (χ1) is 7.79. The molecular weight excluding hydrogens is 208 g/mol. The van der Waals surface area contributed by atoms with E-state index in [-0.39, 0.29) is 5.89 Å². The molecule has 0 aliphatic heterocycles. The molecule has 1 aliphatic rings. The standard InChI is InChI=1S/C11H16N2O3/c1-15-11(14)10-13-12-9(16-10)7-6-8-4-2-3-5-8/h8H,2-7H2,1H3. The van der Waals surface area contributed by atoms with Crippen molar-refractivity contribution in [2.45, 2.75) is 38.5 Å². The molecule has 0 spiro atoms. The Bertz CT molecular complexity index is 356. The van der Waals surface area contributed by atoms with Gasteiger partial charge in [0.2, 0.25) is 5.89 Å². The summed E-state index contributed by atoms with van der Waals surface area (Å²) in [5, 5.41) is 7.47. The molecule has 5 heteroatoms. The molecule has 2 rings (SSSR count). The summed E-state index contributed by atoms with van der Waals surface area (Å²) in [7, 11) is 1.30. The molecule has 88 valence electrons. The molecule has 0 atom stereocenters. The third-order valence-electron chi connectivity index (χ3n) is 3.07. The van der Waals surface area contributed by atoms with Crippen LogP contribution in [0.15, 0.2) is 4.42 Å². The van der Waals surface area contributed by atoms with Gasteiger partial charge in [-0.15, -0.1) is 10.2 Å². The van der Waals surface area contributed by atoms with Crippen LogP contribution in [0.3, 0.4) is 0 Å². The van der Waals surface area contributed by atoms with Crippen LogP contribution in [0.4, 0.5) is 0 Å². The van der Waals surface area contributed by atoms with E-state index in [0.717, 1.165) is 18.8 Å². The summed E-state index contributed by atoms with van der Waals surface area (Å²) >= 11 is 0. The second kappa shape index (κ2) is 5.09. The average Bonchev–Trinajstić information content (AvgIpc) is 2.96. The maximum atomic E-state index is 11.1. The molecule has 1 heterocycles. The zero-order chi connectivity index (χ0) is 11.4. The van der Waals surface area contributed by atoms with Crippen molar-refractivity contribution in [2.75, 3.05) is 7.11 Å². The van der Waals surface area contributed by atoms with Crippen molar-refractivity contribution >= 4 is 5.97 Å². The van der Waals surface area contributed by atoms with Gasteiger partial charge in [0.25, 0.3) is 0 Å². The summed E-state index contributed by atoms with van der Waals surface area (Å²) in [5.41, 5.74) is 0. The van der Waals surface area contributed by atoms with E-state index < -0.39 is 5.97 Å². The molecule has 0 bridgehead atoms. The van der Waals surface area contributed by atoms with E-state index in [1.165, 1.54) is 32.8 Å². The largest absolute Gasteiger partial charge is 0.462 e. The van der Waals surface area contributed by atoms with Gasteiger partial charge in [0, 0.05) is 6.42 Å². The lowest BCUT2D eigenvalue weighted by Gasteiger charge is -2.04. The maximum absolute atomic E-state index is 11.1. The molecule has 1 aromatic heterocycles. The van der Waals surface area contributed by atoms with Crippen molar-refractivity contribution in [3.05, 3.63) is 11.8 Å². The summed E-state index contributed by atoms with van der Waals surface area (Å²) in [6.07, 6.45) is 7.11. The van der Waals surface area contributed by atoms with Gasteiger partial charge in [-0.25, -0.2) is 4.79 Å². The highest BCUT2D eigenvalue weighted by atomic mass is 16.5. The molecule has 0 radical (unpaired) electrons. The number of methoxy groups -OCH3 is 1. The van der Waals surface area contributed by atoms with Gasteiger partial charge >= 0.3 is 11.9 Å². The van der Waals surface area contributed by atoms with Crippen LogP contribution < -0.4 is 0 Å². The molecule has 0 aromatic carbocycles. The molecule has 5 nitrogen and oxygen atoms in total. The van der Waals surface area contributed by atoms with Crippen LogP contribution in [0.25, 0.3) is 0 Å². The van der Waals surface area contributed by atoms with Gasteiger partial charge in [0.1, 0.15) is 0 Å². The van der Waals surface area contributed by atoms with Crippen molar-refractivity contribution < 1.29 is 13.9 Å². The van der Waals surface area contributed by atoms with Crippen LogP contribution in [-0.2, 0) is 11.2 Å². The minimum Gasteiger partial charge on any atom is -0.462 e. The first kappa shape index (κ1) is 11.1. The Morgan fingerprint density at radius 3 is 2.88 bits per heavy atom. The molecule has 16 heavy (non-hydrogen) atoms. The number of hydrogen-bond donors (Lipinski definition) is 0. The molecule has 1 fully saturated rings. The number of nitrogens with zero attached hydrogens (tertiary/aromatic N) is 2. The lowest BCUT2D eigenvalue weighted by Crippen LogP contribution is -2.00. The quantitative estimate of drug-likeness (QED) is 0.731. The topological polar surface area (TPSA) is 65.2 Å². The summed E-state index contributed by atoms with van der Waals surface area (Å²) in [6, 6.07) is 0. The van der Waals surface area contributed by atoms with Gasteiger partial charge < -0.3 is 9.15 Å². The molecule has 0 N–H and O–H groups in total. The van der Waals surface area contributed by atoms with Crippen molar-refractivity contribution in [3.8, 4) is 0 Å². The van der Waals surface area contributed by atoms with Gasteiger partial charge in [-0.05, 0) is 12.3 Å². The average molecular weight is 224 g/mol. The molecule has 0 amide bonds. The number of rotatable bonds is 4. The van der Waals surface area contributed by atoms with Crippen LogP contribution in [0.5, 0.6) is 0 Å². The first-order valence-corrected chi connectivity index (χ1v) is 5.70. The molecule has 1 saturated carbocycles. The zero-order valence-corrected chi connectivity index (χ0v) is 9.44. The predicted molar refractivity (Wildman–Crippen MR) is 55.9 cm³/mol. The Hall–Kier alpha value is -1.39. The third-order valence-corrected chi connectivity index (χ3v) is 3.07. The molecule has 1 aromatic rings. The first-order valence-electron chi connectivity index (χ1n) is 5.70. The van der Waals surface area contributed by atoms with E-state index in [9.17, 15) is 4.79 Å². The van der Waals surface area contributed by atoms with Crippen molar-refractivity contribution in [3.63, 3.8) is 0 Å². The second-order valence-corrected chi connectivity index (χ2v) is 4.18. The highest BCUT2D eigenvalue weighted by molar-refractivity contribution is 5.83. The SMILES string of the molecule is COC(=O)c1nnc(CCC2CCCC2)o1. The minimum absolute atomic E-state index is 0.0519. The Morgan fingerprint density at radius 2 is 2.19 bits per heavy atom. The van der Waals surface area contributed by atoms with E-state index in [4.69, 9.17) is 4.42 Å². The van der Waals surface area contributed by atoms with Crippen LogP contribution >= 0.6 is 0 Å². The number of hydrogen-bond acceptors (Lipinski definition) is 5. The fraction of sp³-hybridized carbons (Fsp3) is 0.727. The fourth-order valence-corrected chi connectivity index (χ4v) is 2.15. The van der Waals surface area contributed by atoms with E-state index in [0.29, 0.717) is 5.89 Å². The summed E-state index contributed by atoms with van der Waals surface area (Å²) in [4.78, 5) is 11.1. The fourth-order valence-electron chi connectivity index (χ4n) is 2.15. The Balaban J connectivity index is 1.85. The van der Waals surface area contributed by atoms with E-state index in [2.05, 4.69) is 14.9 Å². The number of aryl methyl sites for hydroxylation is 1. The Kier molecular flexibility index (Phi) is 3.54. The van der Waals surface area contributed by atoms with Gasteiger partial charge in [-0.1, -0.05) is 25.7 Å². The number of ether oxygens (including phenoxy) is 1. The summed E-state index contributed by atoms with van der Waals surface area (Å²) < 4.78 is 9.69. The molecule has 1 aliphatic carbocycles. The van der Waals surface area contributed by atoms with Crippen LogP contribution in [0.2, 0.25) is 0 Å². The summed E-state index contributed by atoms with van der Waals surface area (Å²) in [5.74, 6) is 0.698. The third kappa shape index (κ3) is 2.59. The smallest absolute Gasteiger partial charge is 0.396 e. The van der Waals surface area contributed by atoms with Gasteiger partial charge in [0.05, 0.1) is 7.11 Å². The van der Waals surface area contributed by atoms with Crippen molar-refractivity contribution in [1.82, 2.24) is 10.2 Å². The molecule has 0 saturated heterocycles. The second-order valence-electron chi connectivity index (χ2n) is 4.18. The maximum Gasteiger partial charge on any atom is 0.396 e. The van der Waals surface area contributed by atoms with Crippen LogP contribution in [0, 0.1) is 5.92 Å². The highest BCUT2D eigenvalue weighted by Gasteiger charge is 2.18. The van der Waals surface area contributed by atoms with Crippen LogP contribution in [-0.4, -0.2) is 23.3 Å². The van der Waals surface area contributed by atoms with Gasteiger partial charge in [0.15, 0.2) is 0 Å². The number of aromatic nitrogens is 2. The van der Waals surface area contributed by atoms with Gasteiger partial charge in [-0.3, -0.25) is 0 Å². The normalized spacial score (nSPS) is 16.6. The van der Waals surface area contributed by atoms with E-state index >= 15 is 0 Å². The van der Waals surface area contributed by atoms with Crippen molar-refractivity contribution in [2.24, 2.45) is 5.92 Å². The van der Waals surface area contributed by atoms with E-state index in [1.807, 2.05) is 0 Å². The van der Waals surface area contributed by atoms with Gasteiger partial charge in [-0.2, -0.15) is 0 Å². The van der Waals surface area contributed by atoms with Crippen LogP contribution in [0.1, 0.15) is 48.7 Å². The number of carbonyl (C=O) groups is 1. The Labute approximate surface area is 94.2 Å². The zero-order valence-electron chi connectivity index (χ0n) is 9.44. The minimum atomic E-state index is -0.570. The number of esters is 1. The highest BCUT2D eigenvalue weighted by Crippen LogP contribution is 2.28. The number of carbonyl (C=O) groups excluding carboxylic acids is 1.